The molecule has 0 aromatic carbocycles. The largest absolute Gasteiger partial charge is 0.498 e. The molecular weight excluding hydrogens is 413 g/mol. The van der Waals surface area contributed by atoms with Gasteiger partial charge in [-0.05, 0) is 74.1 Å². The minimum Gasteiger partial charge on any atom is -0.444 e. The molecule has 0 spiro atoms. The summed E-state index contributed by atoms with van der Waals surface area (Å²) in [5.74, 6) is 0.847. The van der Waals surface area contributed by atoms with Crippen molar-refractivity contribution in [1.82, 2.24) is 14.9 Å². The predicted octanol–water partition coefficient (Wildman–Crippen LogP) is 4.05. The third-order valence-corrected chi connectivity index (χ3v) is 7.02. The van der Waals surface area contributed by atoms with E-state index >= 15 is 0 Å². The minimum absolute atomic E-state index is 0.204. The monoisotopic (exact) mass is 449 g/mol. The van der Waals surface area contributed by atoms with E-state index in [4.69, 9.17) is 14.0 Å². The average molecular weight is 449 g/mol. The van der Waals surface area contributed by atoms with Gasteiger partial charge in [0.2, 0.25) is 0 Å². The van der Waals surface area contributed by atoms with Crippen LogP contribution >= 0.6 is 11.8 Å². The molecule has 3 rings (SSSR count). The molecule has 2 aliphatic rings. The fourth-order valence-electron chi connectivity index (χ4n) is 3.65. The molecule has 2 saturated heterocycles. The lowest BCUT2D eigenvalue weighted by Gasteiger charge is -2.36. The highest BCUT2D eigenvalue weighted by atomic mass is 32.2. The normalized spacial score (nSPS) is 23.1. The van der Waals surface area contributed by atoms with Crippen molar-refractivity contribution in [2.75, 3.05) is 12.3 Å². The predicted molar refractivity (Wildman–Crippen MR) is 124 cm³/mol. The molecule has 0 bridgehead atoms. The lowest BCUT2D eigenvalue weighted by molar-refractivity contribution is 0.00578. The Morgan fingerprint density at radius 2 is 1.81 bits per heavy atom. The van der Waals surface area contributed by atoms with Gasteiger partial charge in [0.1, 0.15) is 5.60 Å². The Bertz CT molecular complexity index is 751. The van der Waals surface area contributed by atoms with Crippen molar-refractivity contribution in [2.45, 2.75) is 102 Å². The van der Waals surface area contributed by atoms with Crippen molar-refractivity contribution in [1.29, 1.82) is 0 Å². The number of carbonyl (C=O) groups is 1. The van der Waals surface area contributed by atoms with Crippen LogP contribution in [0.15, 0.2) is 17.6 Å². The van der Waals surface area contributed by atoms with E-state index < -0.39 is 12.7 Å². The minimum atomic E-state index is -0.472. The van der Waals surface area contributed by atoms with Crippen molar-refractivity contribution in [3.8, 4) is 0 Å². The Morgan fingerprint density at radius 3 is 2.39 bits per heavy atom. The van der Waals surface area contributed by atoms with Crippen LogP contribution in [0.2, 0.25) is 0 Å². The first-order chi connectivity index (χ1) is 14.4. The van der Waals surface area contributed by atoms with Crippen LogP contribution in [0.4, 0.5) is 4.79 Å². The Balaban J connectivity index is 1.52. The van der Waals surface area contributed by atoms with E-state index in [1.54, 1.807) is 24.2 Å². The molecule has 1 aromatic rings. The van der Waals surface area contributed by atoms with E-state index in [-0.39, 0.29) is 23.3 Å². The van der Waals surface area contributed by atoms with Crippen molar-refractivity contribution in [3.63, 3.8) is 0 Å². The van der Waals surface area contributed by atoms with Gasteiger partial charge >= 0.3 is 13.2 Å². The molecule has 0 radical (unpaired) electrons. The molecule has 0 unspecified atom stereocenters. The molecule has 2 aliphatic heterocycles. The second-order valence-electron chi connectivity index (χ2n) is 10.3. The lowest BCUT2D eigenvalue weighted by Crippen LogP contribution is -2.46. The van der Waals surface area contributed by atoms with Crippen molar-refractivity contribution >= 4 is 30.4 Å². The van der Waals surface area contributed by atoms with E-state index in [9.17, 15) is 4.79 Å². The number of amides is 1. The summed E-state index contributed by atoms with van der Waals surface area (Å²) < 4.78 is 17.7. The summed E-state index contributed by atoms with van der Waals surface area (Å²) in [7, 11) is -0.450. The summed E-state index contributed by atoms with van der Waals surface area (Å²) in [6.45, 7) is 14.6. The van der Waals surface area contributed by atoms with E-state index in [0.29, 0.717) is 0 Å². The Labute approximate surface area is 191 Å². The molecule has 172 valence electrons. The summed E-state index contributed by atoms with van der Waals surface area (Å²) in [6, 6.07) is 0.208. The van der Waals surface area contributed by atoms with Crippen LogP contribution in [0, 0.1) is 0 Å². The molecule has 3 heterocycles. The molecular formula is C22H36BN3O4S. The number of hydrogen-bond donors (Lipinski definition) is 0. The first-order valence-electron chi connectivity index (χ1n) is 11.2. The highest BCUT2D eigenvalue weighted by molar-refractivity contribution is 7.99. The van der Waals surface area contributed by atoms with Gasteiger partial charge in [-0.3, -0.25) is 0 Å². The van der Waals surface area contributed by atoms with Crippen molar-refractivity contribution in [2.24, 2.45) is 0 Å². The highest BCUT2D eigenvalue weighted by Gasteiger charge is 2.52. The Hall–Kier alpha value is -1.32. The second kappa shape index (κ2) is 9.28. The number of thioether (sulfide) groups is 1. The Kier molecular flexibility index (Phi) is 7.28. The molecule has 1 atom stereocenters. The molecule has 0 saturated carbocycles. The highest BCUT2D eigenvalue weighted by Crippen LogP contribution is 2.36. The van der Waals surface area contributed by atoms with E-state index in [1.807, 2.05) is 53.4 Å². The zero-order valence-corrected chi connectivity index (χ0v) is 20.8. The molecule has 1 amide bonds. The maximum Gasteiger partial charge on any atom is 0.498 e. The first-order valence-corrected chi connectivity index (χ1v) is 12.2. The molecule has 0 N–H and O–H groups in total. The number of rotatable bonds is 5. The first kappa shape index (κ1) is 24.3. The summed E-state index contributed by atoms with van der Waals surface area (Å²) in [4.78, 5) is 23.4. The summed E-state index contributed by atoms with van der Waals surface area (Å²) in [5.41, 5.74) is -0.414. The van der Waals surface area contributed by atoms with Gasteiger partial charge in [0.15, 0.2) is 5.16 Å². The van der Waals surface area contributed by atoms with Crippen LogP contribution in [0.25, 0.3) is 0 Å². The van der Waals surface area contributed by atoms with Gasteiger partial charge in [-0.1, -0.05) is 11.8 Å². The maximum atomic E-state index is 12.6. The molecule has 7 nitrogen and oxygen atoms in total. The maximum absolute atomic E-state index is 12.6. The third kappa shape index (κ3) is 6.14. The second-order valence-corrected chi connectivity index (χ2v) is 11.4. The SMILES string of the molecule is CC(C)(C)OC(=O)N1CCCC[C@H]1CCSc1ncc(B2OC(C)(C)C(C)(C)O2)cn1. The molecule has 2 fully saturated rings. The fourth-order valence-corrected chi connectivity index (χ4v) is 4.48. The summed E-state index contributed by atoms with van der Waals surface area (Å²) in [5, 5.41) is 0.722. The number of hydrogen-bond acceptors (Lipinski definition) is 7. The molecule has 9 heteroatoms. The third-order valence-electron chi connectivity index (χ3n) is 6.11. The van der Waals surface area contributed by atoms with Crippen LogP contribution < -0.4 is 5.46 Å². The van der Waals surface area contributed by atoms with Crippen LogP contribution in [-0.2, 0) is 14.0 Å². The van der Waals surface area contributed by atoms with Gasteiger partial charge < -0.3 is 18.9 Å². The summed E-state index contributed by atoms with van der Waals surface area (Å²) in [6.07, 6.45) is 7.45. The van der Waals surface area contributed by atoms with Crippen molar-refractivity contribution in [3.05, 3.63) is 12.4 Å². The number of nitrogens with zero attached hydrogens (tertiary/aromatic N) is 3. The molecule has 31 heavy (non-hydrogen) atoms. The van der Waals surface area contributed by atoms with Gasteiger partial charge in [0, 0.05) is 36.2 Å². The van der Waals surface area contributed by atoms with Crippen LogP contribution in [0.1, 0.15) is 74.1 Å². The van der Waals surface area contributed by atoms with Gasteiger partial charge in [-0.2, -0.15) is 0 Å². The van der Waals surface area contributed by atoms with Crippen LogP contribution in [0.5, 0.6) is 0 Å². The molecule has 1 aromatic heterocycles. The van der Waals surface area contributed by atoms with Gasteiger partial charge in [0.05, 0.1) is 11.2 Å². The fraction of sp³-hybridized carbons (Fsp3) is 0.773. The number of carbonyl (C=O) groups excluding carboxylic acids is 1. The molecule has 0 aliphatic carbocycles. The van der Waals surface area contributed by atoms with Gasteiger partial charge in [-0.15, -0.1) is 0 Å². The van der Waals surface area contributed by atoms with Crippen LogP contribution in [-0.4, -0.2) is 63.2 Å². The standard InChI is InChI=1S/C22H36BN3O4S/c1-20(2,3)28-19(27)26-12-9-8-10-17(26)11-13-31-18-24-14-16(15-25-18)23-29-21(4,5)22(6,7)30-23/h14-15,17H,8-13H2,1-7H3/t17-/m0/s1. The van der Waals surface area contributed by atoms with Gasteiger partial charge in [0.25, 0.3) is 0 Å². The lowest BCUT2D eigenvalue weighted by atomic mass is 9.81. The number of likely N-dealkylation sites (tertiary alicyclic amines) is 1. The number of piperidine rings is 1. The van der Waals surface area contributed by atoms with E-state index in [1.165, 1.54) is 0 Å². The Morgan fingerprint density at radius 1 is 1.19 bits per heavy atom. The smallest absolute Gasteiger partial charge is 0.444 e. The van der Waals surface area contributed by atoms with E-state index in [2.05, 4.69) is 9.97 Å². The average Bonchev–Trinajstić information content (AvgIpc) is 2.88. The topological polar surface area (TPSA) is 73.8 Å². The van der Waals surface area contributed by atoms with Gasteiger partial charge in [-0.25, -0.2) is 14.8 Å². The zero-order valence-electron chi connectivity index (χ0n) is 19.9. The van der Waals surface area contributed by atoms with Crippen LogP contribution in [0.3, 0.4) is 0 Å². The zero-order chi connectivity index (χ0) is 22.9. The number of aromatic nitrogens is 2. The van der Waals surface area contributed by atoms with Crippen molar-refractivity contribution < 1.29 is 18.8 Å². The van der Waals surface area contributed by atoms with E-state index in [0.717, 1.165) is 48.6 Å². The summed E-state index contributed by atoms with van der Waals surface area (Å²) >= 11 is 1.61. The quantitative estimate of drug-likeness (QED) is 0.382. The number of ether oxygens (including phenoxy) is 1.